The van der Waals surface area contributed by atoms with E-state index in [1.54, 1.807) is 23.8 Å². The molecule has 0 aromatic heterocycles. The summed E-state index contributed by atoms with van der Waals surface area (Å²) in [7, 11) is 1.62. The van der Waals surface area contributed by atoms with Crippen LogP contribution < -0.4 is 10.1 Å². The first kappa shape index (κ1) is 25.8. The molecule has 0 unspecified atom stereocenters. The van der Waals surface area contributed by atoms with Crippen LogP contribution in [-0.2, 0) is 21.9 Å². The van der Waals surface area contributed by atoms with Gasteiger partial charge in [0.2, 0.25) is 11.8 Å². The molecule has 2 aromatic rings. The Morgan fingerprint density at radius 2 is 1.75 bits per heavy atom. The molecule has 32 heavy (non-hydrogen) atoms. The van der Waals surface area contributed by atoms with Crippen LogP contribution in [0.3, 0.4) is 0 Å². The van der Waals surface area contributed by atoms with Gasteiger partial charge < -0.3 is 15.0 Å². The van der Waals surface area contributed by atoms with E-state index in [0.717, 1.165) is 17.1 Å². The monoisotopic (exact) mass is 456 g/mol. The van der Waals surface area contributed by atoms with Crippen LogP contribution in [0.1, 0.15) is 49.4 Å². The van der Waals surface area contributed by atoms with E-state index >= 15 is 0 Å². The summed E-state index contributed by atoms with van der Waals surface area (Å²) in [5, 5.41) is 2.97. The van der Waals surface area contributed by atoms with Crippen LogP contribution in [0.2, 0.25) is 0 Å². The standard InChI is InChI=1S/C26H36N2O3S/c1-7-24(26(30)27-18(2)3)28(15-21-9-8-10-23(14-21)31-6)25(29)17-32-16-22-12-19(4)11-20(5)13-22/h8-14,18,24H,7,15-17H2,1-6H3,(H,27,30)/t24-/m0/s1. The van der Waals surface area contributed by atoms with Gasteiger partial charge in [-0.15, -0.1) is 11.8 Å². The summed E-state index contributed by atoms with van der Waals surface area (Å²) in [6.45, 7) is 10.3. The number of thioether (sulfide) groups is 1. The van der Waals surface area contributed by atoms with Crippen molar-refractivity contribution in [3.8, 4) is 5.75 Å². The number of benzene rings is 2. The summed E-state index contributed by atoms with van der Waals surface area (Å²) in [5.41, 5.74) is 4.60. The Morgan fingerprint density at radius 3 is 2.34 bits per heavy atom. The van der Waals surface area contributed by atoms with Gasteiger partial charge in [-0.3, -0.25) is 9.59 Å². The van der Waals surface area contributed by atoms with Gasteiger partial charge in [0.05, 0.1) is 12.9 Å². The highest BCUT2D eigenvalue weighted by Gasteiger charge is 2.28. The van der Waals surface area contributed by atoms with Crippen LogP contribution in [0.4, 0.5) is 0 Å². The van der Waals surface area contributed by atoms with Gasteiger partial charge in [-0.05, 0) is 57.4 Å². The van der Waals surface area contributed by atoms with Crippen molar-refractivity contribution in [3.05, 3.63) is 64.7 Å². The first-order valence-corrected chi connectivity index (χ1v) is 12.3. The number of carbonyl (C=O) groups is 2. The molecule has 0 bridgehead atoms. The lowest BCUT2D eigenvalue weighted by Crippen LogP contribution is -2.50. The number of rotatable bonds is 11. The average molecular weight is 457 g/mol. The van der Waals surface area contributed by atoms with Gasteiger partial charge in [-0.2, -0.15) is 0 Å². The van der Waals surface area contributed by atoms with E-state index < -0.39 is 6.04 Å². The first-order valence-electron chi connectivity index (χ1n) is 11.1. The topological polar surface area (TPSA) is 58.6 Å². The minimum Gasteiger partial charge on any atom is -0.497 e. The lowest BCUT2D eigenvalue weighted by molar-refractivity contribution is -0.139. The zero-order valence-electron chi connectivity index (χ0n) is 20.1. The number of hydrogen-bond donors (Lipinski definition) is 1. The molecule has 6 heteroatoms. The van der Waals surface area contributed by atoms with E-state index in [4.69, 9.17) is 4.74 Å². The Labute approximate surface area is 196 Å². The minimum absolute atomic E-state index is 0.0178. The lowest BCUT2D eigenvalue weighted by Gasteiger charge is -2.31. The number of ether oxygens (including phenoxy) is 1. The molecule has 0 aliphatic heterocycles. The maximum atomic E-state index is 13.3. The van der Waals surface area contributed by atoms with Gasteiger partial charge in [0.15, 0.2) is 0 Å². The predicted molar refractivity (Wildman–Crippen MR) is 133 cm³/mol. The fraction of sp³-hybridized carbons (Fsp3) is 0.462. The first-order chi connectivity index (χ1) is 15.2. The fourth-order valence-corrected chi connectivity index (χ4v) is 4.60. The smallest absolute Gasteiger partial charge is 0.243 e. The number of carbonyl (C=O) groups excluding carboxylic acids is 2. The van der Waals surface area contributed by atoms with Crippen LogP contribution in [0.5, 0.6) is 5.75 Å². The van der Waals surface area contributed by atoms with Crippen molar-refractivity contribution in [2.75, 3.05) is 12.9 Å². The van der Waals surface area contributed by atoms with Gasteiger partial charge in [0.1, 0.15) is 11.8 Å². The van der Waals surface area contributed by atoms with Crippen LogP contribution in [0.15, 0.2) is 42.5 Å². The predicted octanol–water partition coefficient (Wildman–Crippen LogP) is 4.88. The third-order valence-electron chi connectivity index (χ3n) is 5.08. The van der Waals surface area contributed by atoms with E-state index in [1.807, 2.05) is 45.0 Å². The molecule has 2 amide bonds. The molecule has 0 spiro atoms. The molecule has 0 saturated carbocycles. The summed E-state index contributed by atoms with van der Waals surface area (Å²) >= 11 is 1.58. The van der Waals surface area contributed by atoms with E-state index in [-0.39, 0.29) is 17.9 Å². The number of methoxy groups -OCH3 is 1. The molecule has 5 nitrogen and oxygen atoms in total. The van der Waals surface area contributed by atoms with Crippen LogP contribution >= 0.6 is 11.8 Å². The Morgan fingerprint density at radius 1 is 1.06 bits per heavy atom. The van der Waals surface area contributed by atoms with Crippen molar-refractivity contribution in [1.29, 1.82) is 0 Å². The molecule has 0 radical (unpaired) electrons. The maximum Gasteiger partial charge on any atom is 0.243 e. The maximum absolute atomic E-state index is 13.3. The number of nitrogens with one attached hydrogen (secondary N) is 1. The van der Waals surface area contributed by atoms with Crippen molar-refractivity contribution in [3.63, 3.8) is 0 Å². The molecule has 1 N–H and O–H groups in total. The molecule has 2 aromatic carbocycles. The summed E-state index contributed by atoms with van der Waals surface area (Å²) in [6, 6.07) is 13.6. The van der Waals surface area contributed by atoms with Crippen molar-refractivity contribution >= 4 is 23.6 Å². The highest BCUT2D eigenvalue weighted by Crippen LogP contribution is 2.20. The fourth-order valence-electron chi connectivity index (χ4n) is 3.76. The van der Waals surface area contributed by atoms with Crippen molar-refractivity contribution < 1.29 is 14.3 Å². The Kier molecular flexibility index (Phi) is 10.1. The summed E-state index contributed by atoms with van der Waals surface area (Å²) in [6.07, 6.45) is 0.552. The van der Waals surface area contributed by atoms with Crippen LogP contribution in [0, 0.1) is 13.8 Å². The highest BCUT2D eigenvalue weighted by atomic mass is 32.2. The van der Waals surface area contributed by atoms with Gasteiger partial charge >= 0.3 is 0 Å². The van der Waals surface area contributed by atoms with Crippen LogP contribution in [-0.4, -0.2) is 41.7 Å². The Hall–Kier alpha value is -2.47. The number of nitrogens with zero attached hydrogens (tertiary/aromatic N) is 1. The summed E-state index contributed by atoms with van der Waals surface area (Å²) in [4.78, 5) is 27.9. The molecule has 0 aliphatic rings. The SMILES string of the molecule is CC[C@@H](C(=O)NC(C)C)N(Cc1cccc(OC)c1)C(=O)CSCc1cc(C)cc(C)c1. The van der Waals surface area contributed by atoms with E-state index in [2.05, 4.69) is 37.4 Å². The van der Waals surface area contributed by atoms with Gasteiger partial charge in [0, 0.05) is 18.3 Å². The second-order valence-corrected chi connectivity index (χ2v) is 9.43. The van der Waals surface area contributed by atoms with Crippen molar-refractivity contribution in [1.82, 2.24) is 10.2 Å². The van der Waals surface area contributed by atoms with E-state index in [9.17, 15) is 9.59 Å². The Bertz CT molecular complexity index is 893. The Balaban J connectivity index is 2.17. The quantitative estimate of drug-likeness (QED) is 0.524. The summed E-state index contributed by atoms with van der Waals surface area (Å²) in [5.74, 6) is 1.67. The molecular formula is C26H36N2O3S. The normalized spacial score (nSPS) is 11.8. The van der Waals surface area contributed by atoms with E-state index in [0.29, 0.717) is 18.7 Å². The average Bonchev–Trinajstić information content (AvgIpc) is 2.72. The third kappa shape index (κ3) is 7.90. The van der Waals surface area contributed by atoms with Gasteiger partial charge in [-0.25, -0.2) is 0 Å². The lowest BCUT2D eigenvalue weighted by atomic mass is 10.1. The van der Waals surface area contributed by atoms with Crippen molar-refractivity contribution in [2.24, 2.45) is 0 Å². The molecular weight excluding hydrogens is 420 g/mol. The number of hydrogen-bond acceptors (Lipinski definition) is 4. The zero-order chi connectivity index (χ0) is 23.7. The minimum atomic E-state index is -0.516. The molecule has 2 rings (SSSR count). The number of aryl methyl sites for hydroxylation is 2. The molecule has 0 fully saturated rings. The molecule has 0 saturated heterocycles. The molecule has 174 valence electrons. The number of amides is 2. The van der Waals surface area contributed by atoms with Crippen LogP contribution in [0.25, 0.3) is 0 Å². The summed E-state index contributed by atoms with van der Waals surface area (Å²) < 4.78 is 5.33. The van der Waals surface area contributed by atoms with Gasteiger partial charge in [-0.1, -0.05) is 48.4 Å². The van der Waals surface area contributed by atoms with Gasteiger partial charge in [0.25, 0.3) is 0 Å². The second kappa shape index (κ2) is 12.5. The zero-order valence-corrected chi connectivity index (χ0v) is 20.9. The van der Waals surface area contributed by atoms with Crippen molar-refractivity contribution in [2.45, 2.75) is 65.4 Å². The largest absolute Gasteiger partial charge is 0.497 e. The molecule has 1 atom stereocenters. The second-order valence-electron chi connectivity index (χ2n) is 8.45. The highest BCUT2D eigenvalue weighted by molar-refractivity contribution is 7.99. The van der Waals surface area contributed by atoms with E-state index in [1.165, 1.54) is 16.7 Å². The third-order valence-corrected chi connectivity index (χ3v) is 6.07. The molecule has 0 heterocycles. The molecule has 0 aliphatic carbocycles.